The van der Waals surface area contributed by atoms with Crippen molar-refractivity contribution in [2.45, 2.75) is 32.7 Å². The number of hydrogen-bond acceptors (Lipinski definition) is 4. The molecule has 0 spiro atoms. The van der Waals surface area contributed by atoms with Gasteiger partial charge in [0.15, 0.2) is 6.61 Å². The molecule has 5 heteroatoms. The number of carbonyl (C=O) groups is 1. The molecule has 1 unspecified atom stereocenters. The highest BCUT2D eigenvalue weighted by atomic mass is 16.5. The Morgan fingerprint density at radius 1 is 1.11 bits per heavy atom. The highest BCUT2D eigenvalue weighted by Gasteiger charge is 2.16. The van der Waals surface area contributed by atoms with E-state index < -0.39 is 0 Å². The van der Waals surface area contributed by atoms with E-state index in [1.165, 1.54) is 11.1 Å². The molecule has 0 saturated heterocycles. The van der Waals surface area contributed by atoms with E-state index in [2.05, 4.69) is 37.1 Å². The Bertz CT molecular complexity index is 787. The molecule has 0 aromatic heterocycles. The van der Waals surface area contributed by atoms with Gasteiger partial charge in [0.05, 0.1) is 13.2 Å². The smallest absolute Gasteiger partial charge is 0.258 e. The topological polar surface area (TPSA) is 50.8 Å². The molecule has 1 amide bonds. The Hall–Kier alpha value is -2.53. The van der Waals surface area contributed by atoms with Gasteiger partial charge in [-0.1, -0.05) is 32.0 Å². The van der Waals surface area contributed by atoms with E-state index in [1.807, 2.05) is 50.5 Å². The minimum absolute atomic E-state index is 0.00127. The molecule has 0 radical (unpaired) electrons. The molecule has 1 atom stereocenters. The second-order valence-electron chi connectivity index (χ2n) is 7.52. The van der Waals surface area contributed by atoms with Crippen LogP contribution in [0.25, 0.3) is 0 Å². The van der Waals surface area contributed by atoms with Crippen molar-refractivity contribution in [1.29, 1.82) is 0 Å². The second kappa shape index (κ2) is 10.1. The van der Waals surface area contributed by atoms with Gasteiger partial charge in [-0.3, -0.25) is 4.79 Å². The van der Waals surface area contributed by atoms with Gasteiger partial charge in [-0.2, -0.15) is 0 Å². The van der Waals surface area contributed by atoms with Crippen LogP contribution >= 0.6 is 0 Å². The predicted octanol–water partition coefficient (Wildman–Crippen LogP) is 3.92. The van der Waals surface area contributed by atoms with E-state index in [9.17, 15) is 4.79 Å². The van der Waals surface area contributed by atoms with Gasteiger partial charge in [-0.05, 0) is 67.9 Å². The van der Waals surface area contributed by atoms with Crippen molar-refractivity contribution < 1.29 is 14.3 Å². The van der Waals surface area contributed by atoms with Gasteiger partial charge in [0, 0.05) is 6.54 Å². The van der Waals surface area contributed by atoms with Crippen LogP contribution in [0.4, 0.5) is 0 Å². The molecule has 5 nitrogen and oxygen atoms in total. The summed E-state index contributed by atoms with van der Waals surface area (Å²) in [5, 5.41) is 2.97. The highest BCUT2D eigenvalue weighted by molar-refractivity contribution is 5.77. The summed E-state index contributed by atoms with van der Waals surface area (Å²) in [6, 6.07) is 13.9. The second-order valence-corrected chi connectivity index (χ2v) is 7.52. The van der Waals surface area contributed by atoms with Crippen LogP contribution in [-0.2, 0) is 4.79 Å². The van der Waals surface area contributed by atoms with Gasteiger partial charge in [-0.15, -0.1) is 0 Å². The molecule has 2 rings (SSSR count). The molecular formula is C23H32N2O3. The zero-order valence-electron chi connectivity index (χ0n) is 17.8. The zero-order chi connectivity index (χ0) is 20.7. The number of hydrogen-bond donors (Lipinski definition) is 1. The molecule has 0 bridgehead atoms. The lowest BCUT2D eigenvalue weighted by Gasteiger charge is -2.25. The van der Waals surface area contributed by atoms with E-state index >= 15 is 0 Å². The first-order chi connectivity index (χ1) is 13.3. The standard InChI is InChI=1S/C23H32N2O3/c1-16(2)21-11-10-20(12-17(21)3)28-15-23(26)24-14-22(25(4)5)18-8-7-9-19(13-18)27-6/h7-13,16,22H,14-15H2,1-6H3,(H,24,26). The van der Waals surface area contributed by atoms with Crippen LogP contribution in [0.3, 0.4) is 0 Å². The Morgan fingerprint density at radius 3 is 2.46 bits per heavy atom. The number of nitrogens with zero attached hydrogens (tertiary/aromatic N) is 1. The van der Waals surface area contributed by atoms with E-state index in [0.29, 0.717) is 18.2 Å². The Kier molecular flexibility index (Phi) is 7.88. The summed E-state index contributed by atoms with van der Waals surface area (Å²) in [7, 11) is 5.63. The summed E-state index contributed by atoms with van der Waals surface area (Å²) >= 11 is 0. The lowest BCUT2D eigenvalue weighted by molar-refractivity contribution is -0.123. The third-order valence-electron chi connectivity index (χ3n) is 4.83. The van der Waals surface area contributed by atoms with Gasteiger partial charge in [0.2, 0.25) is 0 Å². The van der Waals surface area contributed by atoms with Gasteiger partial charge in [0.1, 0.15) is 11.5 Å². The Labute approximate surface area is 168 Å². The zero-order valence-corrected chi connectivity index (χ0v) is 17.8. The van der Waals surface area contributed by atoms with E-state index in [0.717, 1.165) is 11.3 Å². The molecule has 0 heterocycles. The Morgan fingerprint density at radius 2 is 1.86 bits per heavy atom. The molecule has 2 aromatic rings. The average Bonchev–Trinajstić information content (AvgIpc) is 2.66. The number of carbonyl (C=O) groups excluding carboxylic acids is 1. The van der Waals surface area contributed by atoms with Crippen LogP contribution < -0.4 is 14.8 Å². The molecule has 2 aromatic carbocycles. The minimum Gasteiger partial charge on any atom is -0.497 e. The van der Waals surface area contributed by atoms with Crippen LogP contribution in [-0.4, -0.2) is 45.2 Å². The van der Waals surface area contributed by atoms with Crippen LogP contribution in [0.2, 0.25) is 0 Å². The summed E-state index contributed by atoms with van der Waals surface area (Å²) in [5.41, 5.74) is 3.56. The van der Waals surface area contributed by atoms with Crippen molar-refractivity contribution in [1.82, 2.24) is 10.2 Å². The number of rotatable bonds is 9. The van der Waals surface area contributed by atoms with Crippen molar-refractivity contribution in [2.24, 2.45) is 0 Å². The van der Waals surface area contributed by atoms with E-state index in [1.54, 1.807) is 7.11 Å². The summed E-state index contributed by atoms with van der Waals surface area (Å²) in [6.45, 7) is 6.89. The number of benzene rings is 2. The molecule has 0 aliphatic rings. The fourth-order valence-electron chi connectivity index (χ4n) is 3.24. The van der Waals surface area contributed by atoms with Crippen molar-refractivity contribution in [2.75, 3.05) is 34.4 Å². The molecule has 152 valence electrons. The first-order valence-corrected chi connectivity index (χ1v) is 9.62. The van der Waals surface area contributed by atoms with Crippen molar-refractivity contribution in [3.05, 3.63) is 59.2 Å². The Balaban J connectivity index is 1.92. The molecule has 0 fully saturated rings. The summed E-state index contributed by atoms with van der Waals surface area (Å²) < 4.78 is 11.0. The SMILES string of the molecule is COc1cccc(C(CNC(=O)COc2ccc(C(C)C)c(C)c2)N(C)C)c1. The molecule has 0 aliphatic heterocycles. The quantitative estimate of drug-likeness (QED) is 0.712. The van der Waals surface area contributed by atoms with Crippen LogP contribution in [0.15, 0.2) is 42.5 Å². The van der Waals surface area contributed by atoms with Gasteiger partial charge < -0.3 is 19.7 Å². The maximum absolute atomic E-state index is 12.3. The maximum atomic E-state index is 12.3. The largest absolute Gasteiger partial charge is 0.497 e. The first-order valence-electron chi connectivity index (χ1n) is 9.62. The minimum atomic E-state index is -0.139. The van der Waals surface area contributed by atoms with E-state index in [-0.39, 0.29) is 18.6 Å². The fraction of sp³-hybridized carbons (Fsp3) is 0.435. The first kappa shape index (κ1) is 21.8. The molecule has 1 N–H and O–H groups in total. The normalized spacial score (nSPS) is 12.1. The molecule has 0 aliphatic carbocycles. The third kappa shape index (κ3) is 5.99. The monoisotopic (exact) mass is 384 g/mol. The van der Waals surface area contributed by atoms with Crippen LogP contribution in [0.5, 0.6) is 11.5 Å². The summed E-state index contributed by atoms with van der Waals surface area (Å²) in [5.74, 6) is 1.85. The number of aryl methyl sites for hydroxylation is 1. The maximum Gasteiger partial charge on any atom is 0.258 e. The van der Waals surface area contributed by atoms with Gasteiger partial charge in [0.25, 0.3) is 5.91 Å². The van der Waals surface area contributed by atoms with Crippen LogP contribution in [0, 0.1) is 6.92 Å². The summed E-state index contributed by atoms with van der Waals surface area (Å²) in [4.78, 5) is 14.4. The summed E-state index contributed by atoms with van der Waals surface area (Å²) in [6.07, 6.45) is 0. The number of nitrogens with one attached hydrogen (secondary N) is 1. The van der Waals surface area contributed by atoms with E-state index in [4.69, 9.17) is 9.47 Å². The molecule has 28 heavy (non-hydrogen) atoms. The number of amides is 1. The lowest BCUT2D eigenvalue weighted by Crippen LogP contribution is -2.36. The lowest BCUT2D eigenvalue weighted by atomic mass is 9.98. The molecular weight excluding hydrogens is 352 g/mol. The van der Waals surface area contributed by atoms with Crippen molar-refractivity contribution >= 4 is 5.91 Å². The predicted molar refractivity (Wildman–Crippen MR) is 113 cm³/mol. The van der Waals surface area contributed by atoms with Crippen molar-refractivity contribution in [3.63, 3.8) is 0 Å². The van der Waals surface area contributed by atoms with Crippen molar-refractivity contribution in [3.8, 4) is 11.5 Å². The third-order valence-corrected chi connectivity index (χ3v) is 4.83. The average molecular weight is 385 g/mol. The van der Waals surface area contributed by atoms with Crippen LogP contribution in [0.1, 0.15) is 42.5 Å². The number of ether oxygens (including phenoxy) is 2. The van der Waals surface area contributed by atoms with Gasteiger partial charge in [-0.25, -0.2) is 0 Å². The number of methoxy groups -OCH3 is 1. The highest BCUT2D eigenvalue weighted by Crippen LogP contribution is 2.24. The number of likely N-dealkylation sites (N-methyl/N-ethyl adjacent to an activating group) is 1. The van der Waals surface area contributed by atoms with Gasteiger partial charge >= 0.3 is 0 Å². The fourth-order valence-corrected chi connectivity index (χ4v) is 3.24. The molecule has 0 saturated carbocycles.